The van der Waals surface area contributed by atoms with E-state index < -0.39 is 0 Å². The van der Waals surface area contributed by atoms with Gasteiger partial charge in [-0.25, -0.2) is 0 Å². The Kier molecular flexibility index (Phi) is 3.55. The number of unbranched alkanes of at least 4 members (excludes halogenated alkanes) is 1. The van der Waals surface area contributed by atoms with Crippen molar-refractivity contribution in [3.8, 4) is 0 Å². The molecule has 0 aromatic carbocycles. The van der Waals surface area contributed by atoms with Crippen LogP contribution >= 0.6 is 0 Å². The minimum atomic E-state index is 0.0309. The number of carbonyl (C=O) groups excluding carboxylic acids is 1. The van der Waals surface area contributed by atoms with Gasteiger partial charge in [0.2, 0.25) is 11.8 Å². The molecule has 13 heavy (non-hydrogen) atoms. The second-order valence-corrected chi connectivity index (χ2v) is 2.98. The summed E-state index contributed by atoms with van der Waals surface area (Å²) >= 11 is 0. The number of nitrogens with zero attached hydrogens (tertiary/aromatic N) is 1. The van der Waals surface area contributed by atoms with Crippen LogP contribution in [0, 0.1) is 0 Å². The Morgan fingerprint density at radius 2 is 2.38 bits per heavy atom. The van der Waals surface area contributed by atoms with Gasteiger partial charge in [-0.1, -0.05) is 13.3 Å². The van der Waals surface area contributed by atoms with Crippen molar-refractivity contribution in [1.29, 1.82) is 0 Å². The standard InChI is InChI=1S/C10H15NO2/c1-3-4-7-11(9(2)12)10-6-5-8-13-10/h5-6,8H,3-4,7H2,1-2H3. The molecule has 1 heterocycles. The predicted molar refractivity (Wildman–Crippen MR) is 51.6 cm³/mol. The van der Waals surface area contributed by atoms with Crippen LogP contribution in [0.2, 0.25) is 0 Å². The number of furan rings is 1. The molecule has 0 unspecified atom stereocenters. The molecule has 72 valence electrons. The normalized spacial score (nSPS) is 10.0. The molecular weight excluding hydrogens is 166 g/mol. The van der Waals surface area contributed by atoms with Crippen molar-refractivity contribution >= 4 is 11.8 Å². The van der Waals surface area contributed by atoms with Crippen LogP contribution in [0.3, 0.4) is 0 Å². The molecule has 0 atom stereocenters. The highest BCUT2D eigenvalue weighted by atomic mass is 16.3. The Balaban J connectivity index is 2.63. The number of hydrogen-bond donors (Lipinski definition) is 0. The molecule has 0 saturated carbocycles. The molecule has 0 aliphatic carbocycles. The van der Waals surface area contributed by atoms with Crippen LogP contribution in [0.4, 0.5) is 5.88 Å². The first-order valence-electron chi connectivity index (χ1n) is 4.57. The fraction of sp³-hybridized carbons (Fsp3) is 0.500. The van der Waals surface area contributed by atoms with Crippen LogP contribution in [-0.4, -0.2) is 12.5 Å². The molecule has 3 nitrogen and oxygen atoms in total. The van der Waals surface area contributed by atoms with Gasteiger partial charge in [-0.3, -0.25) is 9.69 Å². The monoisotopic (exact) mass is 181 g/mol. The summed E-state index contributed by atoms with van der Waals surface area (Å²) in [5, 5.41) is 0. The van der Waals surface area contributed by atoms with E-state index in [1.165, 1.54) is 0 Å². The van der Waals surface area contributed by atoms with E-state index in [-0.39, 0.29) is 5.91 Å². The second kappa shape index (κ2) is 4.70. The third kappa shape index (κ3) is 2.61. The van der Waals surface area contributed by atoms with Crippen LogP contribution in [0.1, 0.15) is 26.7 Å². The van der Waals surface area contributed by atoms with Crippen LogP contribution in [0.15, 0.2) is 22.8 Å². The lowest BCUT2D eigenvalue weighted by molar-refractivity contribution is -0.116. The van der Waals surface area contributed by atoms with E-state index in [9.17, 15) is 4.79 Å². The first-order chi connectivity index (χ1) is 6.25. The van der Waals surface area contributed by atoms with Gasteiger partial charge in [-0.2, -0.15) is 0 Å². The summed E-state index contributed by atoms with van der Waals surface area (Å²) in [5.74, 6) is 0.671. The van der Waals surface area contributed by atoms with Gasteiger partial charge in [0.05, 0.1) is 6.26 Å². The number of anilines is 1. The van der Waals surface area contributed by atoms with Crippen molar-refractivity contribution in [2.75, 3.05) is 11.4 Å². The fourth-order valence-electron chi connectivity index (χ4n) is 1.16. The number of rotatable bonds is 4. The fourth-order valence-corrected chi connectivity index (χ4v) is 1.16. The zero-order chi connectivity index (χ0) is 9.68. The molecule has 0 fully saturated rings. The molecule has 0 aliphatic heterocycles. The lowest BCUT2D eigenvalue weighted by Gasteiger charge is -2.16. The molecule has 3 heteroatoms. The minimum absolute atomic E-state index is 0.0309. The summed E-state index contributed by atoms with van der Waals surface area (Å²) in [4.78, 5) is 12.9. The number of hydrogen-bond acceptors (Lipinski definition) is 2. The number of carbonyl (C=O) groups is 1. The van der Waals surface area contributed by atoms with E-state index >= 15 is 0 Å². The third-order valence-electron chi connectivity index (χ3n) is 1.89. The maximum atomic E-state index is 11.2. The number of amides is 1. The van der Waals surface area contributed by atoms with E-state index in [1.807, 2.05) is 0 Å². The summed E-state index contributed by atoms with van der Waals surface area (Å²) in [5.41, 5.74) is 0. The Labute approximate surface area is 78.3 Å². The van der Waals surface area contributed by atoms with Crippen molar-refractivity contribution < 1.29 is 9.21 Å². The quantitative estimate of drug-likeness (QED) is 0.714. The third-order valence-corrected chi connectivity index (χ3v) is 1.89. The second-order valence-electron chi connectivity index (χ2n) is 2.98. The van der Waals surface area contributed by atoms with Gasteiger partial charge < -0.3 is 4.42 Å². The Hall–Kier alpha value is -1.25. The summed E-state index contributed by atoms with van der Waals surface area (Å²) < 4.78 is 5.16. The van der Waals surface area contributed by atoms with Gasteiger partial charge in [0.1, 0.15) is 0 Å². The molecule has 0 bridgehead atoms. The highest BCUT2D eigenvalue weighted by Gasteiger charge is 2.12. The van der Waals surface area contributed by atoms with Crippen molar-refractivity contribution in [2.45, 2.75) is 26.7 Å². The summed E-state index contributed by atoms with van der Waals surface area (Å²) in [7, 11) is 0. The van der Waals surface area contributed by atoms with E-state index in [0.29, 0.717) is 5.88 Å². The molecule has 1 amide bonds. The summed E-state index contributed by atoms with van der Waals surface area (Å²) in [6.45, 7) is 4.39. The SMILES string of the molecule is CCCCN(C(C)=O)c1ccco1. The van der Waals surface area contributed by atoms with Crippen molar-refractivity contribution in [3.63, 3.8) is 0 Å². The lowest BCUT2D eigenvalue weighted by atomic mass is 10.3. The van der Waals surface area contributed by atoms with Gasteiger partial charge in [0.25, 0.3) is 0 Å². The smallest absolute Gasteiger partial charge is 0.226 e. The van der Waals surface area contributed by atoms with Crippen LogP contribution in [0.25, 0.3) is 0 Å². The molecule has 0 spiro atoms. The van der Waals surface area contributed by atoms with Crippen molar-refractivity contribution in [1.82, 2.24) is 0 Å². The topological polar surface area (TPSA) is 33.5 Å². The average Bonchev–Trinajstić information content (AvgIpc) is 2.57. The van der Waals surface area contributed by atoms with Crippen LogP contribution in [-0.2, 0) is 4.79 Å². The predicted octanol–water partition coefficient (Wildman–Crippen LogP) is 2.43. The van der Waals surface area contributed by atoms with Gasteiger partial charge in [-0.15, -0.1) is 0 Å². The Morgan fingerprint density at radius 3 is 2.85 bits per heavy atom. The van der Waals surface area contributed by atoms with Gasteiger partial charge >= 0.3 is 0 Å². The lowest BCUT2D eigenvalue weighted by Crippen LogP contribution is -2.28. The Morgan fingerprint density at radius 1 is 1.62 bits per heavy atom. The summed E-state index contributed by atoms with van der Waals surface area (Å²) in [6.07, 6.45) is 3.65. The van der Waals surface area contributed by atoms with Gasteiger partial charge in [0, 0.05) is 19.5 Å². The molecule has 1 aromatic rings. The van der Waals surface area contributed by atoms with Crippen molar-refractivity contribution in [2.24, 2.45) is 0 Å². The maximum absolute atomic E-state index is 11.2. The zero-order valence-electron chi connectivity index (χ0n) is 8.12. The molecule has 1 rings (SSSR count). The molecule has 0 saturated heterocycles. The largest absolute Gasteiger partial charge is 0.448 e. The zero-order valence-corrected chi connectivity index (χ0v) is 8.12. The van der Waals surface area contributed by atoms with E-state index in [0.717, 1.165) is 19.4 Å². The minimum Gasteiger partial charge on any atom is -0.448 e. The highest BCUT2D eigenvalue weighted by molar-refractivity contribution is 5.89. The van der Waals surface area contributed by atoms with Crippen LogP contribution in [0.5, 0.6) is 0 Å². The van der Waals surface area contributed by atoms with E-state index in [2.05, 4.69) is 6.92 Å². The average molecular weight is 181 g/mol. The van der Waals surface area contributed by atoms with Crippen molar-refractivity contribution in [3.05, 3.63) is 18.4 Å². The van der Waals surface area contributed by atoms with Gasteiger partial charge in [0.15, 0.2) is 0 Å². The molecule has 0 aliphatic rings. The maximum Gasteiger partial charge on any atom is 0.226 e. The Bertz CT molecular complexity index is 254. The first-order valence-corrected chi connectivity index (χ1v) is 4.57. The molecule has 0 radical (unpaired) electrons. The first kappa shape index (κ1) is 9.84. The summed E-state index contributed by atoms with van der Waals surface area (Å²) in [6, 6.07) is 3.59. The molecule has 0 N–H and O–H groups in total. The molecular formula is C10H15NO2. The highest BCUT2D eigenvalue weighted by Crippen LogP contribution is 2.15. The van der Waals surface area contributed by atoms with Crippen LogP contribution < -0.4 is 4.90 Å². The van der Waals surface area contributed by atoms with E-state index in [1.54, 1.807) is 30.2 Å². The molecule has 1 aromatic heterocycles. The van der Waals surface area contributed by atoms with Gasteiger partial charge in [-0.05, 0) is 12.5 Å². The van der Waals surface area contributed by atoms with E-state index in [4.69, 9.17) is 4.42 Å².